The van der Waals surface area contributed by atoms with Crippen LogP contribution in [0.15, 0.2) is 0 Å². The van der Waals surface area contributed by atoms with Crippen molar-refractivity contribution in [3.05, 3.63) is 0 Å². The van der Waals surface area contributed by atoms with Crippen LogP contribution in [0, 0.1) is 0 Å². The molecule has 0 aliphatic rings. The van der Waals surface area contributed by atoms with Gasteiger partial charge in [0.2, 0.25) is 22.1 Å². The zero-order valence-corrected chi connectivity index (χ0v) is 30.9. The van der Waals surface area contributed by atoms with Gasteiger partial charge in [-0.25, -0.2) is 0 Å². The van der Waals surface area contributed by atoms with Crippen molar-refractivity contribution in [2.75, 3.05) is 39.3 Å². The molecule has 0 unspecified atom stereocenters. The number of rotatable bonds is 17. The molecule has 0 aromatic rings. The smallest absolute Gasteiger partial charge is 0.329 e. The molecule has 0 spiro atoms. The molecule has 0 rings (SSSR count). The molecule has 38 heteroatoms. The molecule has 48 heavy (non-hydrogen) atoms. The first-order chi connectivity index (χ1) is 20.8. The third kappa shape index (κ3) is 19.2. The summed E-state index contributed by atoms with van der Waals surface area (Å²) < 4.78 is 95.0. The van der Waals surface area contributed by atoms with Gasteiger partial charge >= 0.3 is 60.8 Å². The van der Waals surface area contributed by atoms with Gasteiger partial charge in [-0.1, -0.05) is 0 Å². The molecular formula is C10H40N6O24P8. The van der Waals surface area contributed by atoms with Crippen molar-refractivity contribution in [2.45, 2.75) is 22.1 Å². The number of hydrogen-bond donors (Lipinski definition) is 20. The van der Waals surface area contributed by atoms with Gasteiger partial charge in [0.1, 0.15) is 0 Å². The van der Waals surface area contributed by atoms with Crippen molar-refractivity contribution in [3.63, 3.8) is 0 Å². The van der Waals surface area contributed by atoms with E-state index in [0.29, 0.717) is 26.2 Å². The van der Waals surface area contributed by atoms with Crippen LogP contribution in [0.1, 0.15) is 0 Å². The summed E-state index contributed by atoms with van der Waals surface area (Å²) in [6.07, 6.45) is 0. The quantitative estimate of drug-likeness (QED) is 0.0605. The van der Waals surface area contributed by atoms with E-state index in [-0.39, 0.29) is 0 Å². The molecule has 0 radical (unpaired) electrons. The van der Waals surface area contributed by atoms with Gasteiger partial charge in [-0.3, -0.25) is 46.3 Å². The lowest BCUT2D eigenvalue weighted by Gasteiger charge is -2.41. The molecule has 0 fully saturated rings. The van der Waals surface area contributed by atoms with Crippen molar-refractivity contribution >= 4 is 60.8 Å². The minimum atomic E-state index is -6.54. The highest BCUT2D eigenvalue weighted by Gasteiger charge is 2.61. The average Bonchev–Trinajstić information content (AvgIpc) is 2.75. The fraction of sp³-hybridized carbons (Fsp3) is 1.00. The van der Waals surface area contributed by atoms with E-state index in [9.17, 15) is 115 Å². The van der Waals surface area contributed by atoms with Gasteiger partial charge in [0.25, 0.3) is 0 Å². The van der Waals surface area contributed by atoms with Gasteiger partial charge < -0.3 is 101 Å². The highest BCUT2D eigenvalue weighted by Crippen LogP contribution is 2.71. The molecule has 0 heterocycles. The third-order valence-corrected chi connectivity index (χ3v) is 18.9. The predicted octanol–water partition coefficient (Wildman–Crippen LogP) is -6.05. The maximum Gasteiger partial charge on any atom is 0.355 e. The molecule has 0 aliphatic carbocycles. The van der Waals surface area contributed by atoms with E-state index < -0.39 is 106 Å². The summed E-state index contributed by atoms with van der Waals surface area (Å²) >= 11 is 0. The fourth-order valence-electron chi connectivity index (χ4n) is 3.26. The van der Waals surface area contributed by atoms with Crippen molar-refractivity contribution < 1.29 is 115 Å². The molecular weight excluding hydrogens is 836 g/mol. The summed E-state index contributed by atoms with van der Waals surface area (Å²) in [5.74, 6) is 0. The Hall–Kier alpha value is 0.960. The number of nitrogens with two attached hydrogens (primary N) is 4. The molecule has 0 amide bonds. The minimum absolute atomic E-state index is 0.597. The summed E-state index contributed by atoms with van der Waals surface area (Å²) in [7, 11) is -52.3. The van der Waals surface area contributed by atoms with Crippen molar-refractivity contribution in [1.82, 2.24) is 9.80 Å². The van der Waals surface area contributed by atoms with Gasteiger partial charge in [0, 0.05) is 39.3 Å². The van der Waals surface area contributed by atoms with Crippen LogP contribution >= 0.6 is 60.8 Å². The lowest BCUT2D eigenvalue weighted by atomic mass is 10.5. The van der Waals surface area contributed by atoms with E-state index in [2.05, 4.69) is 0 Å². The molecule has 0 saturated heterocycles. The van der Waals surface area contributed by atoms with E-state index >= 15 is 0 Å². The first-order valence-corrected chi connectivity index (χ1v) is 25.0. The van der Waals surface area contributed by atoms with Crippen LogP contribution in [0.2, 0.25) is 0 Å². The van der Waals surface area contributed by atoms with Crippen LogP contribution in [0.3, 0.4) is 0 Å². The predicted molar refractivity (Wildman–Crippen MR) is 161 cm³/mol. The van der Waals surface area contributed by atoms with E-state index in [0.717, 1.165) is 0 Å². The second-order valence-electron chi connectivity index (χ2n) is 8.73. The fourth-order valence-corrected chi connectivity index (χ4v) is 15.5. The number of hydrogen-bond acceptors (Lipinski definition) is 14. The molecule has 24 N–H and O–H groups in total. The normalized spacial score (nSPS) is 14.5. The summed E-state index contributed by atoms with van der Waals surface area (Å²) in [6, 6.07) is 0. The van der Waals surface area contributed by atoms with E-state index in [1.807, 2.05) is 0 Å². The Balaban J connectivity index is -0.00000226. The van der Waals surface area contributed by atoms with Crippen LogP contribution in [-0.4, -0.2) is 149 Å². The van der Waals surface area contributed by atoms with Gasteiger partial charge in [0.05, 0.1) is 0 Å². The third-order valence-electron chi connectivity index (χ3n) is 4.54. The van der Waals surface area contributed by atoms with Gasteiger partial charge in [-0.05, 0) is 0 Å². The summed E-state index contributed by atoms with van der Waals surface area (Å²) in [5.41, 5.74) is 3.66. The molecule has 0 atom stereocenters. The van der Waals surface area contributed by atoms with Crippen molar-refractivity contribution in [1.29, 1.82) is 0 Å². The summed E-state index contributed by atoms with van der Waals surface area (Å²) in [4.78, 5) is 149. The van der Waals surface area contributed by atoms with E-state index in [1.54, 1.807) is 0 Å². The van der Waals surface area contributed by atoms with Gasteiger partial charge in [-0.2, -0.15) is 0 Å². The monoisotopic (exact) mass is 876 g/mol. The van der Waals surface area contributed by atoms with E-state index in [1.165, 1.54) is 0 Å². The molecule has 294 valence electrons. The second-order valence-corrected chi connectivity index (χ2v) is 23.7. The zero-order valence-electron chi connectivity index (χ0n) is 23.8. The topological polar surface area (TPSA) is 571 Å². The van der Waals surface area contributed by atoms with Gasteiger partial charge in [0.15, 0.2) is 0 Å². The maximum atomic E-state index is 11.9. The standard InChI is InChI=1S/C6H24N2O24P8.2C2H8N2/c9-33(10,11)3(34(12,13)14)7(4(35(15,16)17)36(18,19)20)1-2-8(5(37(21,22)23)38(24,25)26)6(39(27,28)29)40(30,31)32;2*3-1-2-4/h3-6H,1-2H2,(H2,9,10,11)(H2,12,13,14)(H2,15,16,17)(H2,18,19,20)(H2,21,22,23)(H2,24,25,26)(H2,27,28,29)(H2,30,31,32);2*1-4H2. The molecule has 0 saturated carbocycles. The average molecular weight is 876 g/mol. The molecule has 0 aromatic heterocycles. The van der Waals surface area contributed by atoms with E-state index in [4.69, 9.17) is 22.9 Å². The first kappa shape index (κ1) is 53.3. The lowest BCUT2D eigenvalue weighted by molar-refractivity contribution is 0.152. The highest BCUT2D eigenvalue weighted by atomic mass is 31.3. The molecule has 30 nitrogen and oxygen atoms in total. The Labute approximate surface area is 269 Å². The summed E-state index contributed by atoms with van der Waals surface area (Å²) in [5, 5.41) is 0. The van der Waals surface area contributed by atoms with Crippen LogP contribution in [-0.2, 0) is 36.5 Å². The SMILES string of the molecule is NCCN.NCCN.O=P(O)(O)C(N(CCN(C(P(=O)(O)O)P(=O)(O)O)C(P(=O)(O)O)P(=O)(O)O)C(P(=O)(O)O)P(=O)(O)O)P(=O)(O)O. The Morgan fingerprint density at radius 1 is 0.312 bits per heavy atom. The van der Waals surface area contributed by atoms with Crippen molar-refractivity contribution in [3.8, 4) is 0 Å². The van der Waals surface area contributed by atoms with Crippen LogP contribution in [0.4, 0.5) is 0 Å². The largest absolute Gasteiger partial charge is 0.355 e. The Morgan fingerprint density at radius 3 is 0.479 bits per heavy atom. The molecule has 0 bridgehead atoms. The lowest BCUT2D eigenvalue weighted by Crippen LogP contribution is -2.50. The van der Waals surface area contributed by atoms with Crippen LogP contribution in [0.25, 0.3) is 0 Å². The Kier molecular flexibility index (Phi) is 22.1. The maximum absolute atomic E-state index is 11.9. The second kappa shape index (κ2) is 19.9. The van der Waals surface area contributed by atoms with Gasteiger partial charge in [-0.15, -0.1) is 0 Å². The van der Waals surface area contributed by atoms with Crippen molar-refractivity contribution in [2.24, 2.45) is 22.9 Å². The Morgan fingerprint density at radius 2 is 0.417 bits per heavy atom. The van der Waals surface area contributed by atoms with Crippen LogP contribution < -0.4 is 22.9 Å². The Bertz CT molecular complexity index is 1090. The molecule has 0 aliphatic heterocycles. The number of nitrogens with zero attached hydrogens (tertiary/aromatic N) is 2. The minimum Gasteiger partial charge on any atom is -0.329 e. The zero-order chi connectivity index (χ0) is 39.7. The summed E-state index contributed by atoms with van der Waals surface area (Å²) in [6.45, 7) is -2.15. The first-order valence-electron chi connectivity index (χ1n) is 11.5. The highest BCUT2D eigenvalue weighted by molar-refractivity contribution is 7.73. The van der Waals surface area contributed by atoms with Crippen LogP contribution in [0.5, 0.6) is 0 Å². The molecule has 0 aromatic carbocycles.